The van der Waals surface area contributed by atoms with Gasteiger partial charge in [-0.2, -0.15) is 0 Å². The van der Waals surface area contributed by atoms with Crippen LogP contribution >= 0.6 is 0 Å². The molecule has 94 valence electrons. The Morgan fingerprint density at radius 2 is 1.94 bits per heavy atom. The van der Waals surface area contributed by atoms with E-state index >= 15 is 0 Å². The number of hydrogen-bond donors (Lipinski definition) is 2. The highest BCUT2D eigenvalue weighted by Crippen LogP contribution is 2.67. The Hall–Kier alpha value is -0.600. The Morgan fingerprint density at radius 3 is 2.47 bits per heavy atom. The first-order chi connectivity index (χ1) is 7.82. The summed E-state index contributed by atoms with van der Waals surface area (Å²) in [5, 5.41) is 20.5. The van der Waals surface area contributed by atoms with Crippen LogP contribution in [-0.4, -0.2) is 22.4 Å². The molecule has 3 rings (SSSR count). The Balaban J connectivity index is 2.10. The third kappa shape index (κ3) is 1.34. The third-order valence-electron chi connectivity index (χ3n) is 5.21. The number of hydrogen-bond acceptors (Lipinski definition) is 2. The first-order valence-electron chi connectivity index (χ1n) is 6.59. The molecule has 2 N–H and O–H groups in total. The van der Waals surface area contributed by atoms with Crippen molar-refractivity contribution in [3.63, 3.8) is 0 Å². The maximum absolute atomic E-state index is 11.0. The lowest BCUT2D eigenvalue weighted by Gasteiger charge is -2.44. The maximum Gasteiger partial charge on any atom is 0.0781 e. The normalized spacial score (nSPS) is 40.9. The molecule has 0 aliphatic heterocycles. The average Bonchev–Trinajstić information content (AvgIpc) is 2.95. The standard InChI is InChI=1S/C15H22O2/c1-13(2)7-10-6-11(9-16)15(4-5-15)14(3,17)12(10)8-13/h6-7,12,16-17H,4-5,8-9H2,1-3H3/t12-,14-/m0/s1. The van der Waals surface area contributed by atoms with Crippen molar-refractivity contribution in [3.05, 3.63) is 23.3 Å². The maximum atomic E-state index is 11.0. The van der Waals surface area contributed by atoms with Crippen molar-refractivity contribution < 1.29 is 10.2 Å². The largest absolute Gasteiger partial charge is 0.392 e. The van der Waals surface area contributed by atoms with Gasteiger partial charge in [0.15, 0.2) is 0 Å². The Kier molecular flexibility index (Phi) is 2.06. The van der Waals surface area contributed by atoms with Gasteiger partial charge >= 0.3 is 0 Å². The molecule has 0 radical (unpaired) electrons. The SMILES string of the molecule is CC1(C)C=C2C=C(CO)C3(CC3)[C@@](C)(O)[C@H]2C1. The summed E-state index contributed by atoms with van der Waals surface area (Å²) in [5.41, 5.74) is 1.65. The van der Waals surface area contributed by atoms with Gasteiger partial charge < -0.3 is 10.2 Å². The molecule has 3 aliphatic rings. The van der Waals surface area contributed by atoms with Crippen LogP contribution in [0.25, 0.3) is 0 Å². The first-order valence-corrected chi connectivity index (χ1v) is 6.59. The van der Waals surface area contributed by atoms with Gasteiger partial charge in [0.05, 0.1) is 12.2 Å². The van der Waals surface area contributed by atoms with Crippen LogP contribution in [0.3, 0.4) is 0 Å². The second-order valence-corrected chi connectivity index (χ2v) is 6.95. The highest BCUT2D eigenvalue weighted by atomic mass is 16.3. The fourth-order valence-corrected chi connectivity index (χ4v) is 4.07. The highest BCUT2D eigenvalue weighted by molar-refractivity contribution is 5.46. The minimum absolute atomic E-state index is 0.0840. The van der Waals surface area contributed by atoms with Crippen LogP contribution in [0.15, 0.2) is 23.3 Å². The number of aliphatic hydroxyl groups is 2. The molecule has 3 aliphatic carbocycles. The smallest absolute Gasteiger partial charge is 0.0781 e. The molecule has 0 bridgehead atoms. The molecular weight excluding hydrogens is 212 g/mol. The lowest BCUT2D eigenvalue weighted by atomic mass is 9.64. The van der Waals surface area contributed by atoms with Gasteiger partial charge in [0.1, 0.15) is 0 Å². The van der Waals surface area contributed by atoms with Crippen LogP contribution in [0.4, 0.5) is 0 Å². The molecule has 0 aromatic carbocycles. The van der Waals surface area contributed by atoms with Gasteiger partial charge in [0.2, 0.25) is 0 Å². The quantitative estimate of drug-likeness (QED) is 0.731. The summed E-state index contributed by atoms with van der Waals surface area (Å²) in [6.07, 6.45) is 7.50. The van der Waals surface area contributed by atoms with E-state index in [0.717, 1.165) is 24.8 Å². The van der Waals surface area contributed by atoms with Crippen molar-refractivity contribution >= 4 is 0 Å². The van der Waals surface area contributed by atoms with Crippen LogP contribution in [0.1, 0.15) is 40.0 Å². The molecule has 0 unspecified atom stereocenters. The minimum atomic E-state index is -0.681. The molecule has 2 nitrogen and oxygen atoms in total. The van der Waals surface area contributed by atoms with Gasteiger partial charge in [-0.1, -0.05) is 26.0 Å². The molecule has 0 amide bonds. The number of rotatable bonds is 1. The molecule has 2 heteroatoms. The zero-order valence-electron chi connectivity index (χ0n) is 11.0. The second-order valence-electron chi connectivity index (χ2n) is 6.95. The summed E-state index contributed by atoms with van der Waals surface area (Å²) >= 11 is 0. The monoisotopic (exact) mass is 234 g/mol. The predicted octanol–water partition coefficient (Wildman–Crippen LogP) is 2.42. The van der Waals surface area contributed by atoms with E-state index in [0.29, 0.717) is 0 Å². The van der Waals surface area contributed by atoms with E-state index in [4.69, 9.17) is 0 Å². The van der Waals surface area contributed by atoms with E-state index in [2.05, 4.69) is 26.0 Å². The summed E-state index contributed by atoms with van der Waals surface area (Å²) in [4.78, 5) is 0. The molecule has 1 saturated carbocycles. The van der Waals surface area contributed by atoms with Crippen molar-refractivity contribution in [2.24, 2.45) is 16.7 Å². The van der Waals surface area contributed by atoms with E-state index in [-0.39, 0.29) is 23.4 Å². The molecule has 17 heavy (non-hydrogen) atoms. The van der Waals surface area contributed by atoms with E-state index in [1.807, 2.05) is 6.92 Å². The van der Waals surface area contributed by atoms with Crippen LogP contribution in [0.2, 0.25) is 0 Å². The van der Waals surface area contributed by atoms with E-state index in [9.17, 15) is 10.2 Å². The lowest BCUT2D eigenvalue weighted by molar-refractivity contribution is -0.0520. The van der Waals surface area contributed by atoms with Gasteiger partial charge in [-0.05, 0) is 42.7 Å². The van der Waals surface area contributed by atoms with Crippen LogP contribution in [-0.2, 0) is 0 Å². The summed E-state index contributed by atoms with van der Waals surface area (Å²) in [6, 6.07) is 0. The van der Waals surface area contributed by atoms with E-state index in [1.165, 1.54) is 5.57 Å². The average molecular weight is 234 g/mol. The van der Waals surface area contributed by atoms with Crippen molar-refractivity contribution in [1.29, 1.82) is 0 Å². The predicted molar refractivity (Wildman–Crippen MR) is 67.4 cm³/mol. The molecule has 0 aromatic heterocycles. The molecule has 2 atom stereocenters. The molecule has 0 heterocycles. The Labute approximate surface area is 103 Å². The summed E-state index contributed by atoms with van der Waals surface area (Å²) in [7, 11) is 0. The van der Waals surface area contributed by atoms with E-state index < -0.39 is 5.60 Å². The van der Waals surface area contributed by atoms with Gasteiger partial charge in [-0.3, -0.25) is 0 Å². The second kappa shape index (κ2) is 3.04. The number of aliphatic hydroxyl groups excluding tert-OH is 1. The van der Waals surface area contributed by atoms with Crippen LogP contribution < -0.4 is 0 Å². The molecule has 0 aromatic rings. The fourth-order valence-electron chi connectivity index (χ4n) is 4.07. The van der Waals surface area contributed by atoms with Gasteiger partial charge in [0.25, 0.3) is 0 Å². The third-order valence-corrected chi connectivity index (χ3v) is 5.21. The van der Waals surface area contributed by atoms with Gasteiger partial charge in [-0.15, -0.1) is 0 Å². The van der Waals surface area contributed by atoms with Gasteiger partial charge in [-0.25, -0.2) is 0 Å². The van der Waals surface area contributed by atoms with Crippen molar-refractivity contribution in [3.8, 4) is 0 Å². The van der Waals surface area contributed by atoms with Crippen molar-refractivity contribution in [1.82, 2.24) is 0 Å². The molecule has 1 spiro atoms. The number of fused-ring (bicyclic) bond motifs is 1. The Bertz CT molecular complexity index is 422. The minimum Gasteiger partial charge on any atom is -0.392 e. The molecule has 0 saturated heterocycles. The Morgan fingerprint density at radius 1 is 1.29 bits per heavy atom. The zero-order valence-corrected chi connectivity index (χ0v) is 11.0. The summed E-state index contributed by atoms with van der Waals surface area (Å²) in [5.74, 6) is 0.246. The fraction of sp³-hybridized carbons (Fsp3) is 0.733. The van der Waals surface area contributed by atoms with Gasteiger partial charge in [0, 0.05) is 11.3 Å². The molecular formula is C15H22O2. The summed E-state index contributed by atoms with van der Waals surface area (Å²) < 4.78 is 0. The molecule has 1 fully saturated rings. The van der Waals surface area contributed by atoms with Crippen molar-refractivity contribution in [2.75, 3.05) is 6.61 Å². The summed E-state index contributed by atoms with van der Waals surface area (Å²) in [6.45, 7) is 6.50. The zero-order chi connectivity index (χ0) is 12.5. The number of allylic oxidation sites excluding steroid dienone is 2. The topological polar surface area (TPSA) is 40.5 Å². The lowest BCUT2D eigenvalue weighted by Crippen LogP contribution is -2.48. The van der Waals surface area contributed by atoms with E-state index in [1.54, 1.807) is 0 Å². The first kappa shape index (κ1) is 11.5. The van der Waals surface area contributed by atoms with Crippen molar-refractivity contribution in [2.45, 2.75) is 45.6 Å². The van der Waals surface area contributed by atoms with Crippen LogP contribution in [0, 0.1) is 16.7 Å². The highest BCUT2D eigenvalue weighted by Gasteiger charge is 2.64. The van der Waals surface area contributed by atoms with Crippen LogP contribution in [0.5, 0.6) is 0 Å².